The van der Waals surface area contributed by atoms with Crippen molar-refractivity contribution in [3.8, 4) is 0 Å². The Balaban J connectivity index is 1.73. The normalized spacial score (nSPS) is 18.7. The molecule has 0 aliphatic heterocycles. The molecule has 0 radical (unpaired) electrons. The van der Waals surface area contributed by atoms with Crippen LogP contribution in [0.4, 0.5) is 11.4 Å². The quantitative estimate of drug-likeness (QED) is 0.784. The van der Waals surface area contributed by atoms with E-state index in [1.54, 1.807) is 42.5 Å². The molecule has 2 N–H and O–H groups in total. The van der Waals surface area contributed by atoms with Gasteiger partial charge in [0.25, 0.3) is 5.91 Å². The Morgan fingerprint density at radius 3 is 2.28 bits per heavy atom. The van der Waals surface area contributed by atoms with Crippen LogP contribution in [-0.2, 0) is 9.59 Å². The summed E-state index contributed by atoms with van der Waals surface area (Å²) in [4.78, 5) is 36.5. The second-order valence-corrected chi connectivity index (χ2v) is 7.73. The molecule has 0 aromatic heterocycles. The topological polar surface area (TPSA) is 98.3 Å². The van der Waals surface area contributed by atoms with Crippen molar-refractivity contribution in [2.75, 3.05) is 10.6 Å². The Kier molecular flexibility index (Phi) is 6.54. The maximum atomic E-state index is 12.7. The molecule has 6 nitrogen and oxygen atoms in total. The third kappa shape index (κ3) is 5.15. The van der Waals surface area contributed by atoms with Gasteiger partial charge in [-0.25, -0.2) is 0 Å². The molecule has 0 spiro atoms. The first-order valence-corrected chi connectivity index (χ1v) is 9.92. The van der Waals surface area contributed by atoms with E-state index in [9.17, 15) is 19.5 Å². The van der Waals surface area contributed by atoms with Gasteiger partial charge in [-0.05, 0) is 61.7 Å². The van der Waals surface area contributed by atoms with Gasteiger partial charge in [-0.1, -0.05) is 30.5 Å². The minimum absolute atomic E-state index is 0.294. The van der Waals surface area contributed by atoms with Gasteiger partial charge in [0.15, 0.2) is 0 Å². The monoisotopic (exact) mass is 413 g/mol. The van der Waals surface area contributed by atoms with Crippen molar-refractivity contribution < 1.29 is 19.5 Å². The van der Waals surface area contributed by atoms with Crippen molar-refractivity contribution in [3.63, 3.8) is 0 Å². The van der Waals surface area contributed by atoms with Crippen molar-refractivity contribution in [1.82, 2.24) is 0 Å². The number of aryl methyl sites for hydroxylation is 1. The van der Waals surface area contributed by atoms with E-state index in [0.717, 1.165) is 18.4 Å². The number of carbonyl (C=O) groups is 3. The Morgan fingerprint density at radius 2 is 1.62 bits per heavy atom. The van der Waals surface area contributed by atoms with Crippen LogP contribution in [0, 0.1) is 18.8 Å². The van der Waals surface area contributed by atoms with E-state index in [1.165, 1.54) is 0 Å². The minimum Gasteiger partial charge on any atom is -0.550 e. The number of aliphatic carboxylic acids is 1. The summed E-state index contributed by atoms with van der Waals surface area (Å²) in [6.07, 6.45) is 2.58. The van der Waals surface area contributed by atoms with Crippen LogP contribution in [0.25, 0.3) is 0 Å². The molecule has 2 aromatic carbocycles. The molecule has 7 heteroatoms. The third-order valence-electron chi connectivity index (χ3n) is 5.27. The summed E-state index contributed by atoms with van der Waals surface area (Å²) in [5, 5.41) is 17.5. The van der Waals surface area contributed by atoms with E-state index in [0.29, 0.717) is 34.8 Å². The zero-order chi connectivity index (χ0) is 21.0. The number of carboxylic acid groups (broad SMARTS) is 1. The zero-order valence-corrected chi connectivity index (χ0v) is 16.8. The molecule has 2 amide bonds. The Bertz CT molecular complexity index is 927. The van der Waals surface area contributed by atoms with Crippen LogP contribution in [0.5, 0.6) is 0 Å². The molecule has 0 bridgehead atoms. The predicted molar refractivity (Wildman–Crippen MR) is 110 cm³/mol. The molecule has 2 atom stereocenters. The Hall–Kier alpha value is -2.86. The molecule has 3 rings (SSSR count). The first-order valence-electron chi connectivity index (χ1n) is 9.54. The highest BCUT2D eigenvalue weighted by Gasteiger charge is 2.31. The highest BCUT2D eigenvalue weighted by Crippen LogP contribution is 2.31. The van der Waals surface area contributed by atoms with E-state index in [2.05, 4.69) is 10.6 Å². The highest BCUT2D eigenvalue weighted by molar-refractivity contribution is 6.30. The van der Waals surface area contributed by atoms with Crippen LogP contribution in [0.1, 0.15) is 41.6 Å². The van der Waals surface area contributed by atoms with Gasteiger partial charge in [0.05, 0.1) is 0 Å². The summed E-state index contributed by atoms with van der Waals surface area (Å²) in [6, 6.07) is 11.7. The van der Waals surface area contributed by atoms with Gasteiger partial charge in [-0.2, -0.15) is 0 Å². The molecule has 29 heavy (non-hydrogen) atoms. The van der Waals surface area contributed by atoms with Gasteiger partial charge in [0.2, 0.25) is 5.91 Å². The molecule has 0 unspecified atom stereocenters. The van der Waals surface area contributed by atoms with E-state index in [-0.39, 0.29) is 11.8 Å². The standard InChI is InChI=1S/C22H23ClN2O4/c1-13-6-11-16(24-21(27)17-4-2-3-5-18(17)22(28)29)12-19(13)25-20(26)14-7-9-15(23)10-8-14/h6-12,17-18H,2-5H2,1H3,(H,24,27)(H,25,26)(H,28,29)/p-1/t17-,18+/m1/s1. The van der Waals surface area contributed by atoms with Crippen LogP contribution < -0.4 is 15.7 Å². The molecule has 0 saturated heterocycles. The van der Waals surface area contributed by atoms with Crippen molar-refractivity contribution in [2.45, 2.75) is 32.6 Å². The number of hydrogen-bond donors (Lipinski definition) is 2. The third-order valence-corrected chi connectivity index (χ3v) is 5.52. The largest absolute Gasteiger partial charge is 0.550 e. The minimum atomic E-state index is -1.18. The lowest BCUT2D eigenvalue weighted by atomic mass is 9.78. The maximum Gasteiger partial charge on any atom is 0.255 e. The summed E-state index contributed by atoms with van der Waals surface area (Å²) in [6.45, 7) is 1.84. The van der Waals surface area contributed by atoms with Crippen LogP contribution >= 0.6 is 11.6 Å². The van der Waals surface area contributed by atoms with Gasteiger partial charge in [0.1, 0.15) is 0 Å². The molecule has 1 aliphatic rings. The van der Waals surface area contributed by atoms with E-state index >= 15 is 0 Å². The van der Waals surface area contributed by atoms with Crippen molar-refractivity contribution in [3.05, 3.63) is 58.6 Å². The van der Waals surface area contributed by atoms with Crippen molar-refractivity contribution >= 4 is 40.8 Å². The smallest absolute Gasteiger partial charge is 0.255 e. The van der Waals surface area contributed by atoms with Crippen molar-refractivity contribution in [1.29, 1.82) is 0 Å². The number of hydrogen-bond acceptors (Lipinski definition) is 4. The molecule has 1 aliphatic carbocycles. The average Bonchev–Trinajstić information content (AvgIpc) is 2.70. The van der Waals surface area contributed by atoms with Gasteiger partial charge < -0.3 is 20.5 Å². The lowest BCUT2D eigenvalue weighted by Crippen LogP contribution is -2.42. The molecule has 0 heterocycles. The molecular formula is C22H22ClN2O4-. The van der Waals surface area contributed by atoms with Crippen LogP contribution in [0.15, 0.2) is 42.5 Å². The highest BCUT2D eigenvalue weighted by atomic mass is 35.5. The number of benzene rings is 2. The van der Waals surface area contributed by atoms with E-state index < -0.39 is 17.8 Å². The van der Waals surface area contributed by atoms with Gasteiger partial charge in [-0.15, -0.1) is 0 Å². The fourth-order valence-corrected chi connectivity index (χ4v) is 3.72. The maximum absolute atomic E-state index is 12.7. The SMILES string of the molecule is Cc1ccc(NC(=O)[C@@H]2CCCC[C@@H]2C(=O)[O-])cc1NC(=O)c1ccc(Cl)cc1. The molecule has 1 saturated carbocycles. The lowest BCUT2D eigenvalue weighted by Gasteiger charge is -2.31. The van der Waals surface area contributed by atoms with Crippen LogP contribution in [0.2, 0.25) is 5.02 Å². The number of rotatable bonds is 5. The Labute approximate surface area is 174 Å². The Morgan fingerprint density at radius 1 is 0.966 bits per heavy atom. The van der Waals surface area contributed by atoms with Gasteiger partial charge in [-0.3, -0.25) is 9.59 Å². The fraction of sp³-hybridized carbons (Fsp3) is 0.318. The first kappa shape index (κ1) is 20.9. The summed E-state index contributed by atoms with van der Waals surface area (Å²) in [5.74, 6) is -3.18. The molecule has 2 aromatic rings. The van der Waals surface area contributed by atoms with E-state index in [4.69, 9.17) is 11.6 Å². The predicted octanol–water partition coefficient (Wildman–Crippen LogP) is 3.40. The van der Waals surface area contributed by atoms with E-state index in [1.807, 2.05) is 6.92 Å². The van der Waals surface area contributed by atoms with Crippen LogP contribution in [0.3, 0.4) is 0 Å². The second kappa shape index (κ2) is 9.09. The number of anilines is 2. The average molecular weight is 414 g/mol. The number of carboxylic acids is 1. The summed E-state index contributed by atoms with van der Waals surface area (Å²) in [7, 11) is 0. The molecule has 152 valence electrons. The molecular weight excluding hydrogens is 392 g/mol. The summed E-state index contributed by atoms with van der Waals surface area (Å²) >= 11 is 5.85. The molecule has 1 fully saturated rings. The summed E-state index contributed by atoms with van der Waals surface area (Å²) in [5.41, 5.74) is 2.34. The van der Waals surface area contributed by atoms with Crippen LogP contribution in [-0.4, -0.2) is 17.8 Å². The number of amides is 2. The lowest BCUT2D eigenvalue weighted by molar-refractivity contribution is -0.313. The number of carbonyl (C=O) groups excluding carboxylic acids is 3. The zero-order valence-electron chi connectivity index (χ0n) is 16.0. The van der Waals surface area contributed by atoms with Crippen molar-refractivity contribution in [2.24, 2.45) is 11.8 Å². The first-order chi connectivity index (χ1) is 13.8. The fourth-order valence-electron chi connectivity index (χ4n) is 3.59. The number of halogens is 1. The van der Waals surface area contributed by atoms with Gasteiger partial charge in [0, 0.05) is 39.8 Å². The second-order valence-electron chi connectivity index (χ2n) is 7.30. The number of nitrogens with one attached hydrogen (secondary N) is 2. The van der Waals surface area contributed by atoms with Gasteiger partial charge >= 0.3 is 0 Å². The summed E-state index contributed by atoms with van der Waals surface area (Å²) < 4.78 is 0.